The summed E-state index contributed by atoms with van der Waals surface area (Å²) in [5, 5.41) is 7.31. The molecule has 2 aromatic carbocycles. The Labute approximate surface area is 145 Å². The number of anilines is 1. The molecule has 2 rings (SSSR count). The number of hydrogen-bond acceptors (Lipinski definition) is 3. The van der Waals surface area contributed by atoms with Crippen molar-refractivity contribution in [2.24, 2.45) is 5.10 Å². The average molecular weight is 344 g/mol. The van der Waals surface area contributed by atoms with Gasteiger partial charge in [-0.15, -0.1) is 0 Å². The van der Waals surface area contributed by atoms with Crippen LogP contribution in [0.1, 0.15) is 29.3 Å². The van der Waals surface area contributed by atoms with Crippen molar-refractivity contribution in [1.29, 1.82) is 0 Å². The molecule has 0 aliphatic carbocycles. The number of rotatable bonds is 5. The molecule has 2 N–H and O–H groups in total. The molecule has 0 aromatic heterocycles. The van der Waals surface area contributed by atoms with E-state index in [1.54, 1.807) is 43.3 Å². The van der Waals surface area contributed by atoms with Crippen LogP contribution in [0.15, 0.2) is 53.6 Å². The lowest BCUT2D eigenvalue weighted by Gasteiger charge is -2.06. The van der Waals surface area contributed by atoms with Gasteiger partial charge in [0.25, 0.3) is 5.91 Å². The van der Waals surface area contributed by atoms with Gasteiger partial charge in [0.2, 0.25) is 5.91 Å². The quantitative estimate of drug-likeness (QED) is 0.640. The van der Waals surface area contributed by atoms with Crippen molar-refractivity contribution in [1.82, 2.24) is 5.43 Å². The summed E-state index contributed by atoms with van der Waals surface area (Å²) in [5.74, 6) is -0.519. The van der Waals surface area contributed by atoms with E-state index in [4.69, 9.17) is 11.6 Å². The van der Waals surface area contributed by atoms with Crippen LogP contribution in [0.25, 0.3) is 0 Å². The van der Waals surface area contributed by atoms with Crippen LogP contribution in [-0.4, -0.2) is 17.5 Å². The number of nitrogens with zero attached hydrogens (tertiary/aromatic N) is 1. The fraction of sp³-hybridized carbons (Fsp3) is 0.167. The van der Waals surface area contributed by atoms with Gasteiger partial charge >= 0.3 is 0 Å². The third kappa shape index (κ3) is 5.21. The van der Waals surface area contributed by atoms with Crippen molar-refractivity contribution in [3.05, 3.63) is 64.7 Å². The molecule has 0 saturated carbocycles. The Morgan fingerprint density at radius 3 is 2.42 bits per heavy atom. The summed E-state index contributed by atoms with van der Waals surface area (Å²) in [7, 11) is 0. The van der Waals surface area contributed by atoms with Gasteiger partial charge in [-0.2, -0.15) is 5.10 Å². The van der Waals surface area contributed by atoms with Crippen LogP contribution in [0, 0.1) is 6.92 Å². The average Bonchev–Trinajstić information content (AvgIpc) is 2.55. The zero-order valence-corrected chi connectivity index (χ0v) is 14.2. The van der Waals surface area contributed by atoms with E-state index in [9.17, 15) is 9.59 Å². The van der Waals surface area contributed by atoms with E-state index in [1.807, 2.05) is 19.1 Å². The summed E-state index contributed by atoms with van der Waals surface area (Å²) < 4.78 is 0. The van der Waals surface area contributed by atoms with Crippen LogP contribution in [0.5, 0.6) is 0 Å². The summed E-state index contributed by atoms with van der Waals surface area (Å²) in [6.45, 7) is 3.53. The van der Waals surface area contributed by atoms with Crippen molar-refractivity contribution in [2.45, 2.75) is 20.3 Å². The SMILES string of the molecule is C/C(CC(=O)Nc1ccc(Cl)cc1)=N\NC(=O)c1ccccc1C. The number of nitrogens with one attached hydrogen (secondary N) is 2. The van der Waals surface area contributed by atoms with Gasteiger partial charge in [0.15, 0.2) is 0 Å². The van der Waals surface area contributed by atoms with Crippen LogP contribution in [0.3, 0.4) is 0 Å². The summed E-state index contributed by atoms with van der Waals surface area (Å²) in [6, 6.07) is 14.0. The van der Waals surface area contributed by atoms with E-state index >= 15 is 0 Å². The molecule has 2 amide bonds. The lowest BCUT2D eigenvalue weighted by molar-refractivity contribution is -0.115. The smallest absolute Gasteiger partial charge is 0.271 e. The normalized spacial score (nSPS) is 11.0. The minimum absolute atomic E-state index is 0.0800. The maximum absolute atomic E-state index is 12.0. The Balaban J connectivity index is 1.89. The lowest BCUT2D eigenvalue weighted by atomic mass is 10.1. The first-order chi connectivity index (χ1) is 11.5. The molecular formula is C18H18ClN3O2. The van der Waals surface area contributed by atoms with Crippen LogP contribution >= 0.6 is 11.6 Å². The zero-order valence-electron chi connectivity index (χ0n) is 13.5. The number of carbonyl (C=O) groups excluding carboxylic acids is 2. The number of amides is 2. The van der Waals surface area contributed by atoms with Crippen LogP contribution in [0.4, 0.5) is 5.69 Å². The highest BCUT2D eigenvalue weighted by Gasteiger charge is 2.08. The van der Waals surface area contributed by atoms with Gasteiger partial charge in [-0.05, 0) is 49.7 Å². The van der Waals surface area contributed by atoms with E-state index in [2.05, 4.69) is 15.8 Å². The monoisotopic (exact) mass is 343 g/mol. The molecule has 24 heavy (non-hydrogen) atoms. The van der Waals surface area contributed by atoms with Gasteiger partial charge in [0, 0.05) is 22.0 Å². The molecule has 0 bridgehead atoms. The second kappa shape index (κ2) is 8.26. The Bertz CT molecular complexity index is 770. The largest absolute Gasteiger partial charge is 0.326 e. The molecule has 0 unspecified atom stereocenters. The molecular weight excluding hydrogens is 326 g/mol. The molecule has 0 saturated heterocycles. The highest BCUT2D eigenvalue weighted by Crippen LogP contribution is 2.13. The maximum Gasteiger partial charge on any atom is 0.271 e. The van der Waals surface area contributed by atoms with E-state index in [0.29, 0.717) is 22.0 Å². The Morgan fingerprint density at radius 2 is 1.75 bits per heavy atom. The second-order valence-corrected chi connectivity index (χ2v) is 5.77. The Hall–Kier alpha value is -2.66. The molecule has 0 aliphatic heterocycles. The van der Waals surface area contributed by atoms with Gasteiger partial charge in [0.05, 0.1) is 6.42 Å². The number of halogens is 1. The first-order valence-corrected chi connectivity index (χ1v) is 7.78. The van der Waals surface area contributed by atoms with Crippen molar-refractivity contribution < 1.29 is 9.59 Å². The molecule has 0 aliphatic rings. The topological polar surface area (TPSA) is 70.6 Å². The molecule has 0 atom stereocenters. The van der Waals surface area contributed by atoms with Crippen LogP contribution in [0.2, 0.25) is 5.02 Å². The maximum atomic E-state index is 12.0. The fourth-order valence-corrected chi connectivity index (χ4v) is 2.17. The predicted molar refractivity (Wildman–Crippen MR) is 96.5 cm³/mol. The third-order valence-electron chi connectivity index (χ3n) is 3.28. The molecule has 6 heteroatoms. The van der Waals surface area contributed by atoms with Gasteiger partial charge < -0.3 is 5.32 Å². The van der Waals surface area contributed by atoms with E-state index < -0.39 is 0 Å². The van der Waals surface area contributed by atoms with Crippen molar-refractivity contribution in [3.63, 3.8) is 0 Å². The molecule has 5 nitrogen and oxygen atoms in total. The molecule has 2 aromatic rings. The number of aryl methyl sites for hydroxylation is 1. The van der Waals surface area contributed by atoms with Gasteiger partial charge in [-0.3, -0.25) is 9.59 Å². The number of benzene rings is 2. The predicted octanol–water partition coefficient (Wildman–Crippen LogP) is 3.78. The minimum atomic E-state index is -0.300. The Kier molecular flexibility index (Phi) is 6.09. The molecule has 0 spiro atoms. The second-order valence-electron chi connectivity index (χ2n) is 5.33. The first kappa shape index (κ1) is 17.7. The highest BCUT2D eigenvalue weighted by molar-refractivity contribution is 6.30. The standard InChI is InChI=1S/C18H18ClN3O2/c1-12-5-3-4-6-16(12)18(24)22-21-13(2)11-17(23)20-15-9-7-14(19)8-10-15/h3-10H,11H2,1-2H3,(H,20,23)(H,22,24)/b21-13+. The van der Waals surface area contributed by atoms with E-state index in [0.717, 1.165) is 5.56 Å². The molecule has 0 fully saturated rings. The van der Waals surface area contributed by atoms with Gasteiger partial charge in [0.1, 0.15) is 0 Å². The number of hydrogen-bond donors (Lipinski definition) is 2. The minimum Gasteiger partial charge on any atom is -0.326 e. The molecule has 0 heterocycles. The van der Waals surface area contributed by atoms with E-state index in [1.165, 1.54) is 0 Å². The summed E-state index contributed by atoms with van der Waals surface area (Å²) in [6.07, 6.45) is 0.0800. The fourth-order valence-electron chi connectivity index (χ4n) is 2.04. The molecule has 0 radical (unpaired) electrons. The number of hydrazone groups is 1. The van der Waals surface area contributed by atoms with Crippen LogP contribution < -0.4 is 10.7 Å². The third-order valence-corrected chi connectivity index (χ3v) is 3.53. The Morgan fingerprint density at radius 1 is 1.08 bits per heavy atom. The highest BCUT2D eigenvalue weighted by atomic mass is 35.5. The van der Waals surface area contributed by atoms with E-state index in [-0.39, 0.29) is 18.2 Å². The van der Waals surface area contributed by atoms with Crippen LogP contribution in [-0.2, 0) is 4.79 Å². The van der Waals surface area contributed by atoms with Crippen molar-refractivity contribution >= 4 is 34.8 Å². The van der Waals surface area contributed by atoms with Crippen molar-refractivity contribution in [2.75, 3.05) is 5.32 Å². The zero-order chi connectivity index (χ0) is 17.5. The summed E-state index contributed by atoms with van der Waals surface area (Å²) in [5.41, 5.74) is 5.04. The van der Waals surface area contributed by atoms with Crippen molar-refractivity contribution in [3.8, 4) is 0 Å². The number of carbonyl (C=O) groups is 2. The summed E-state index contributed by atoms with van der Waals surface area (Å²) in [4.78, 5) is 24.0. The first-order valence-electron chi connectivity index (χ1n) is 7.40. The van der Waals surface area contributed by atoms with Gasteiger partial charge in [-0.1, -0.05) is 29.8 Å². The van der Waals surface area contributed by atoms with Gasteiger partial charge in [-0.25, -0.2) is 5.43 Å². The lowest BCUT2D eigenvalue weighted by Crippen LogP contribution is -2.22. The molecule has 124 valence electrons. The summed E-state index contributed by atoms with van der Waals surface area (Å²) >= 11 is 5.79.